The molecule has 4 aromatic rings. The summed E-state index contributed by atoms with van der Waals surface area (Å²) in [7, 11) is -3.35. The van der Waals surface area contributed by atoms with E-state index in [0.29, 0.717) is 17.1 Å². The van der Waals surface area contributed by atoms with Crippen LogP contribution in [0.2, 0.25) is 0 Å². The number of sulfone groups is 1. The van der Waals surface area contributed by atoms with E-state index in [-0.39, 0.29) is 5.75 Å². The minimum Gasteiger partial charge on any atom is -0.342 e. The molecule has 0 aliphatic carbocycles. The van der Waals surface area contributed by atoms with Crippen LogP contribution < -0.4 is 0 Å². The molecule has 0 aliphatic rings. The quantitative estimate of drug-likeness (QED) is 0.617. The van der Waals surface area contributed by atoms with Crippen molar-refractivity contribution < 1.29 is 8.42 Å². The van der Waals surface area contributed by atoms with Gasteiger partial charge in [-0.25, -0.2) is 13.4 Å². The number of imidazole rings is 1. The first-order valence-electron chi connectivity index (χ1n) is 7.77. The van der Waals surface area contributed by atoms with Crippen molar-refractivity contribution in [3.63, 3.8) is 0 Å². The molecule has 0 saturated heterocycles. The van der Waals surface area contributed by atoms with E-state index in [1.54, 1.807) is 12.1 Å². The van der Waals surface area contributed by atoms with Crippen LogP contribution in [0.3, 0.4) is 0 Å². The Balaban J connectivity index is 1.59. The molecule has 0 atom stereocenters. The van der Waals surface area contributed by atoms with Gasteiger partial charge in [0.1, 0.15) is 5.82 Å². The van der Waals surface area contributed by atoms with E-state index in [4.69, 9.17) is 0 Å². The van der Waals surface area contributed by atoms with Gasteiger partial charge in [-0.3, -0.25) is 0 Å². The van der Waals surface area contributed by atoms with Crippen molar-refractivity contribution in [2.75, 3.05) is 5.75 Å². The first kappa shape index (κ1) is 14.9. The number of para-hydroxylation sites is 2. The SMILES string of the molecule is O=S(=O)(CCc1nc2ccccc2[nH]1)c1ccc2ccccc2c1. The van der Waals surface area contributed by atoms with Crippen molar-refractivity contribution in [3.05, 3.63) is 72.6 Å². The molecule has 0 saturated carbocycles. The minimum atomic E-state index is -3.35. The highest BCUT2D eigenvalue weighted by molar-refractivity contribution is 7.91. The monoisotopic (exact) mass is 336 g/mol. The van der Waals surface area contributed by atoms with Crippen LogP contribution in [0.4, 0.5) is 0 Å². The normalized spacial score (nSPS) is 12.0. The van der Waals surface area contributed by atoms with Gasteiger partial charge in [0, 0.05) is 6.42 Å². The summed E-state index contributed by atoms with van der Waals surface area (Å²) in [5, 5.41) is 1.97. The molecule has 120 valence electrons. The summed E-state index contributed by atoms with van der Waals surface area (Å²) in [4.78, 5) is 7.97. The third kappa shape index (κ3) is 2.78. The number of aromatic nitrogens is 2. The molecule has 0 fully saturated rings. The van der Waals surface area contributed by atoms with Gasteiger partial charge in [0.05, 0.1) is 21.7 Å². The minimum absolute atomic E-state index is 0.0329. The lowest BCUT2D eigenvalue weighted by molar-refractivity contribution is 0.595. The summed E-state index contributed by atoms with van der Waals surface area (Å²) < 4.78 is 25.2. The van der Waals surface area contributed by atoms with Gasteiger partial charge in [-0.05, 0) is 35.0 Å². The van der Waals surface area contributed by atoms with Crippen molar-refractivity contribution in [2.24, 2.45) is 0 Å². The molecule has 0 radical (unpaired) electrons. The second-order valence-electron chi connectivity index (χ2n) is 5.78. The van der Waals surface area contributed by atoms with Gasteiger partial charge in [-0.1, -0.05) is 42.5 Å². The maximum atomic E-state index is 12.6. The summed E-state index contributed by atoms with van der Waals surface area (Å²) in [5.74, 6) is 0.728. The Morgan fingerprint density at radius 3 is 2.46 bits per heavy atom. The molecule has 4 nitrogen and oxygen atoms in total. The second-order valence-corrected chi connectivity index (χ2v) is 7.89. The van der Waals surface area contributed by atoms with E-state index in [9.17, 15) is 8.42 Å². The number of nitrogens with zero attached hydrogens (tertiary/aromatic N) is 1. The molecule has 1 heterocycles. The molecule has 3 aromatic carbocycles. The fourth-order valence-electron chi connectivity index (χ4n) is 2.83. The van der Waals surface area contributed by atoms with E-state index in [1.807, 2.05) is 54.6 Å². The fraction of sp³-hybridized carbons (Fsp3) is 0.105. The summed E-state index contributed by atoms with van der Waals surface area (Å²) in [6.07, 6.45) is 0.365. The van der Waals surface area contributed by atoms with Crippen molar-refractivity contribution >= 4 is 31.6 Å². The molecular weight excluding hydrogens is 320 g/mol. The summed E-state index contributed by atoms with van der Waals surface area (Å²) in [6.45, 7) is 0. The summed E-state index contributed by atoms with van der Waals surface area (Å²) >= 11 is 0. The van der Waals surface area contributed by atoms with Crippen LogP contribution in [0.1, 0.15) is 5.82 Å². The number of aromatic amines is 1. The Labute approximate surface area is 140 Å². The molecule has 0 unspecified atom stereocenters. The number of fused-ring (bicyclic) bond motifs is 2. The van der Waals surface area contributed by atoms with Crippen molar-refractivity contribution in [3.8, 4) is 0 Å². The molecule has 0 amide bonds. The molecule has 1 N–H and O–H groups in total. The number of nitrogens with one attached hydrogen (secondary N) is 1. The third-order valence-electron chi connectivity index (χ3n) is 4.13. The van der Waals surface area contributed by atoms with Crippen LogP contribution >= 0.6 is 0 Å². The van der Waals surface area contributed by atoms with Gasteiger partial charge in [0.2, 0.25) is 0 Å². The maximum absolute atomic E-state index is 12.6. The van der Waals surface area contributed by atoms with Crippen LogP contribution in [-0.4, -0.2) is 24.1 Å². The predicted molar refractivity (Wildman–Crippen MR) is 95.8 cm³/mol. The summed E-state index contributed by atoms with van der Waals surface area (Å²) in [6, 6.07) is 20.7. The smallest absolute Gasteiger partial charge is 0.178 e. The first-order chi connectivity index (χ1) is 11.6. The van der Waals surface area contributed by atoms with Crippen LogP contribution in [0.25, 0.3) is 21.8 Å². The highest BCUT2D eigenvalue weighted by Crippen LogP contribution is 2.20. The van der Waals surface area contributed by atoms with Crippen LogP contribution in [-0.2, 0) is 16.3 Å². The number of aryl methyl sites for hydroxylation is 1. The third-order valence-corrected chi connectivity index (χ3v) is 5.84. The van der Waals surface area contributed by atoms with Crippen molar-refractivity contribution in [1.82, 2.24) is 9.97 Å². The Kier molecular flexibility index (Phi) is 3.58. The van der Waals surface area contributed by atoms with Gasteiger partial charge in [-0.2, -0.15) is 0 Å². The molecule has 0 spiro atoms. The Morgan fingerprint density at radius 1 is 0.875 bits per heavy atom. The number of hydrogen-bond donors (Lipinski definition) is 1. The highest BCUT2D eigenvalue weighted by atomic mass is 32.2. The Hall–Kier alpha value is -2.66. The van der Waals surface area contributed by atoms with Gasteiger partial charge < -0.3 is 4.98 Å². The lowest BCUT2D eigenvalue weighted by Gasteiger charge is -2.05. The largest absolute Gasteiger partial charge is 0.342 e. The topological polar surface area (TPSA) is 62.8 Å². The zero-order valence-electron chi connectivity index (χ0n) is 12.9. The molecule has 0 bridgehead atoms. The molecule has 1 aromatic heterocycles. The van der Waals surface area contributed by atoms with E-state index in [2.05, 4.69) is 9.97 Å². The van der Waals surface area contributed by atoms with Gasteiger partial charge in [0.25, 0.3) is 0 Å². The zero-order chi connectivity index (χ0) is 16.6. The average molecular weight is 336 g/mol. The van der Waals surface area contributed by atoms with E-state index in [1.165, 1.54) is 0 Å². The average Bonchev–Trinajstić information content (AvgIpc) is 3.03. The second kappa shape index (κ2) is 5.76. The van der Waals surface area contributed by atoms with Crippen LogP contribution in [0.15, 0.2) is 71.6 Å². The Morgan fingerprint density at radius 2 is 1.62 bits per heavy atom. The van der Waals surface area contributed by atoms with E-state index in [0.717, 1.165) is 21.8 Å². The van der Waals surface area contributed by atoms with Crippen LogP contribution in [0.5, 0.6) is 0 Å². The fourth-order valence-corrected chi connectivity index (χ4v) is 4.11. The maximum Gasteiger partial charge on any atom is 0.178 e. The molecule has 4 rings (SSSR count). The first-order valence-corrected chi connectivity index (χ1v) is 9.42. The van der Waals surface area contributed by atoms with Gasteiger partial charge >= 0.3 is 0 Å². The lowest BCUT2D eigenvalue weighted by Crippen LogP contribution is -2.10. The molecule has 0 aliphatic heterocycles. The molecular formula is C19H16N2O2S. The van der Waals surface area contributed by atoms with Crippen molar-refractivity contribution in [2.45, 2.75) is 11.3 Å². The number of H-pyrrole nitrogens is 1. The van der Waals surface area contributed by atoms with Crippen LogP contribution in [0, 0.1) is 0 Å². The number of hydrogen-bond acceptors (Lipinski definition) is 3. The predicted octanol–water partition coefficient (Wildman–Crippen LogP) is 3.73. The standard InChI is InChI=1S/C19H16N2O2S/c22-24(23,16-10-9-14-5-1-2-6-15(14)13-16)12-11-19-20-17-7-3-4-8-18(17)21-19/h1-10,13H,11-12H2,(H,20,21). The van der Waals surface area contributed by atoms with Crippen molar-refractivity contribution in [1.29, 1.82) is 0 Å². The molecule has 24 heavy (non-hydrogen) atoms. The number of benzene rings is 3. The van der Waals surface area contributed by atoms with Gasteiger partial charge in [0.15, 0.2) is 9.84 Å². The zero-order valence-corrected chi connectivity index (χ0v) is 13.8. The number of rotatable bonds is 4. The summed E-state index contributed by atoms with van der Waals surface area (Å²) in [5.41, 5.74) is 1.78. The van der Waals surface area contributed by atoms with E-state index < -0.39 is 9.84 Å². The highest BCUT2D eigenvalue weighted by Gasteiger charge is 2.16. The lowest BCUT2D eigenvalue weighted by atomic mass is 10.1. The van der Waals surface area contributed by atoms with E-state index >= 15 is 0 Å². The Bertz CT molecular complexity index is 1100. The van der Waals surface area contributed by atoms with Gasteiger partial charge in [-0.15, -0.1) is 0 Å². The molecule has 5 heteroatoms.